The molecular weight excluding hydrogens is 320 g/mol. The van der Waals surface area contributed by atoms with E-state index in [4.69, 9.17) is 38.2 Å². The third-order valence-electron chi connectivity index (χ3n) is 2.37. The van der Waals surface area contributed by atoms with Crippen LogP contribution in [-0.2, 0) is 4.79 Å². The van der Waals surface area contributed by atoms with E-state index in [-0.39, 0.29) is 6.61 Å². The van der Waals surface area contributed by atoms with Crippen LogP contribution in [0.4, 0.5) is 13.2 Å². The summed E-state index contributed by atoms with van der Waals surface area (Å²) >= 11 is 11.9. The first kappa shape index (κ1) is 22.1. The predicted octanol–water partition coefficient (Wildman–Crippen LogP) is 4.54. The van der Waals surface area contributed by atoms with Crippen LogP contribution in [0.25, 0.3) is 0 Å². The van der Waals surface area contributed by atoms with Crippen LogP contribution in [0.1, 0.15) is 51.9 Å². The fourth-order valence-electron chi connectivity index (χ4n) is 1.28. The second kappa shape index (κ2) is 11.5. The number of halogens is 5. The molecule has 0 aromatic carbocycles. The van der Waals surface area contributed by atoms with Gasteiger partial charge in [-0.3, -0.25) is 0 Å². The van der Waals surface area contributed by atoms with E-state index in [1.807, 2.05) is 0 Å². The van der Waals surface area contributed by atoms with Crippen molar-refractivity contribution < 1.29 is 28.2 Å². The van der Waals surface area contributed by atoms with Gasteiger partial charge in [0.15, 0.2) is 0 Å². The molecule has 3 nitrogen and oxygen atoms in total. The van der Waals surface area contributed by atoms with Gasteiger partial charge in [0.05, 0.1) is 0 Å². The molecule has 0 aliphatic rings. The minimum atomic E-state index is -5.08. The van der Waals surface area contributed by atoms with E-state index in [1.165, 1.54) is 25.7 Å². The predicted molar refractivity (Wildman–Crippen MR) is 73.2 cm³/mol. The molecule has 0 saturated heterocycles. The zero-order chi connectivity index (χ0) is 16.2. The molecule has 0 rings (SSSR count). The van der Waals surface area contributed by atoms with Crippen LogP contribution < -0.4 is 0 Å². The molecule has 8 heteroatoms. The lowest BCUT2D eigenvalue weighted by molar-refractivity contribution is -0.192. The quantitative estimate of drug-likeness (QED) is 0.503. The number of carboxylic acids is 1. The number of hydrogen-bond acceptors (Lipinski definition) is 2. The van der Waals surface area contributed by atoms with Crippen LogP contribution in [0.5, 0.6) is 0 Å². The highest BCUT2D eigenvalue weighted by Crippen LogP contribution is 2.31. The summed E-state index contributed by atoms with van der Waals surface area (Å²) in [5, 5.41) is 15.8. The van der Waals surface area contributed by atoms with Gasteiger partial charge in [0.2, 0.25) is 0 Å². The Morgan fingerprint density at radius 2 is 1.50 bits per heavy atom. The number of alkyl halides is 5. The Hall–Kier alpha value is -0.200. The first-order chi connectivity index (χ1) is 9.06. The minimum Gasteiger partial charge on any atom is -0.475 e. The van der Waals surface area contributed by atoms with Gasteiger partial charge in [-0.2, -0.15) is 13.2 Å². The van der Waals surface area contributed by atoms with E-state index in [2.05, 4.69) is 6.92 Å². The van der Waals surface area contributed by atoms with Crippen molar-refractivity contribution in [2.24, 2.45) is 0 Å². The van der Waals surface area contributed by atoms with Crippen LogP contribution in [0, 0.1) is 0 Å². The van der Waals surface area contributed by atoms with Gasteiger partial charge >= 0.3 is 12.1 Å². The van der Waals surface area contributed by atoms with Gasteiger partial charge in [-0.1, -0.05) is 39.0 Å². The lowest BCUT2D eigenvalue weighted by Gasteiger charge is -2.17. The summed E-state index contributed by atoms with van der Waals surface area (Å²) in [6.07, 6.45) is 2.25. The van der Waals surface area contributed by atoms with Crippen molar-refractivity contribution >= 4 is 29.2 Å². The van der Waals surface area contributed by atoms with Gasteiger partial charge in [0.25, 0.3) is 0 Å². The van der Waals surface area contributed by atoms with E-state index in [1.54, 1.807) is 0 Å². The van der Waals surface area contributed by atoms with Crippen LogP contribution in [0.15, 0.2) is 0 Å². The Labute approximate surface area is 127 Å². The highest BCUT2D eigenvalue weighted by molar-refractivity contribution is 6.48. The maximum Gasteiger partial charge on any atom is 0.490 e. The largest absolute Gasteiger partial charge is 0.490 e. The van der Waals surface area contributed by atoms with Crippen molar-refractivity contribution in [1.82, 2.24) is 0 Å². The Bertz CT molecular complexity index is 259. The van der Waals surface area contributed by atoms with Crippen LogP contribution in [-0.4, -0.2) is 33.3 Å². The molecule has 0 radical (unpaired) electrons. The maximum absolute atomic E-state index is 10.6. The lowest BCUT2D eigenvalue weighted by Crippen LogP contribution is -2.21. The normalized spacial score (nSPS) is 11.8. The minimum absolute atomic E-state index is 0.0714. The molecule has 20 heavy (non-hydrogen) atoms. The smallest absolute Gasteiger partial charge is 0.475 e. The summed E-state index contributed by atoms with van der Waals surface area (Å²) in [6.45, 7) is 2.26. The van der Waals surface area contributed by atoms with Gasteiger partial charge in [0, 0.05) is 13.0 Å². The fourth-order valence-corrected chi connectivity index (χ4v) is 1.71. The number of rotatable bonds is 8. The maximum atomic E-state index is 10.6. The van der Waals surface area contributed by atoms with E-state index in [0.29, 0.717) is 6.42 Å². The third kappa shape index (κ3) is 15.9. The molecule has 0 atom stereocenters. The van der Waals surface area contributed by atoms with Crippen molar-refractivity contribution in [1.29, 1.82) is 0 Å². The van der Waals surface area contributed by atoms with Crippen molar-refractivity contribution in [3.63, 3.8) is 0 Å². The lowest BCUT2D eigenvalue weighted by atomic mass is 10.1. The summed E-state index contributed by atoms with van der Waals surface area (Å²) in [6, 6.07) is 0. The molecule has 0 saturated carbocycles. The molecule has 0 fully saturated rings. The Morgan fingerprint density at radius 3 is 1.85 bits per heavy atom. The number of aliphatic hydroxyl groups excluding tert-OH is 1. The molecule has 0 amide bonds. The monoisotopic (exact) mass is 340 g/mol. The number of carbonyl (C=O) groups is 1. The number of unbranched alkanes of at least 4 members (excludes halogenated alkanes) is 4. The summed E-state index contributed by atoms with van der Waals surface area (Å²) < 4.78 is 31.0. The summed E-state index contributed by atoms with van der Waals surface area (Å²) in [7, 11) is 0. The molecule has 0 aliphatic carbocycles. The van der Waals surface area contributed by atoms with E-state index >= 15 is 0 Å². The summed E-state index contributed by atoms with van der Waals surface area (Å²) in [5.41, 5.74) is 0. The number of hydrogen-bond donors (Lipinski definition) is 2. The number of aliphatic hydroxyl groups is 1. The highest BCUT2D eigenvalue weighted by Gasteiger charge is 2.38. The van der Waals surface area contributed by atoms with Crippen LogP contribution in [0.3, 0.4) is 0 Å². The standard InChI is InChI=1S/C10H20Cl2O.C2HF3O2/c1-2-3-4-5-6-7-10(11,12)8-9-13;3-2(4,5)1(6)7/h13H,2-9H2,1H3;(H,6,7). The summed E-state index contributed by atoms with van der Waals surface area (Å²) in [5.74, 6) is -2.76. The average Bonchev–Trinajstić information content (AvgIpc) is 2.28. The highest BCUT2D eigenvalue weighted by atomic mass is 35.5. The molecule has 0 spiro atoms. The zero-order valence-corrected chi connectivity index (χ0v) is 12.9. The SMILES string of the molecule is CCCCCCCC(Cl)(Cl)CCO.O=C(O)C(F)(F)F. The second-order valence-electron chi connectivity index (χ2n) is 4.30. The zero-order valence-electron chi connectivity index (χ0n) is 11.3. The molecule has 0 bridgehead atoms. The average molecular weight is 341 g/mol. The van der Waals surface area contributed by atoms with Crippen molar-refractivity contribution in [3.05, 3.63) is 0 Å². The third-order valence-corrected chi connectivity index (χ3v) is 3.12. The molecule has 0 aliphatic heterocycles. The van der Waals surface area contributed by atoms with Crippen LogP contribution in [0.2, 0.25) is 0 Å². The van der Waals surface area contributed by atoms with Crippen LogP contribution >= 0.6 is 23.2 Å². The molecule has 0 unspecified atom stereocenters. The van der Waals surface area contributed by atoms with E-state index < -0.39 is 16.5 Å². The number of aliphatic carboxylic acids is 1. The van der Waals surface area contributed by atoms with Crippen molar-refractivity contribution in [2.75, 3.05) is 6.61 Å². The summed E-state index contributed by atoms with van der Waals surface area (Å²) in [4.78, 5) is 8.90. The first-order valence-corrected chi connectivity index (χ1v) is 7.11. The second-order valence-corrected chi connectivity index (χ2v) is 5.94. The molecule has 0 aromatic rings. The van der Waals surface area contributed by atoms with Crippen molar-refractivity contribution in [3.8, 4) is 0 Å². The Kier molecular flexibility index (Phi) is 12.7. The van der Waals surface area contributed by atoms with Gasteiger partial charge in [-0.15, -0.1) is 23.2 Å². The Morgan fingerprint density at radius 1 is 1.05 bits per heavy atom. The molecule has 0 aromatic heterocycles. The Balaban J connectivity index is 0. The van der Waals surface area contributed by atoms with Crippen molar-refractivity contribution in [2.45, 2.75) is 62.4 Å². The molecular formula is C12H21Cl2F3O3. The number of carboxylic acid groups (broad SMARTS) is 1. The topological polar surface area (TPSA) is 57.5 Å². The molecule has 122 valence electrons. The van der Waals surface area contributed by atoms with Gasteiger partial charge < -0.3 is 10.2 Å². The van der Waals surface area contributed by atoms with E-state index in [9.17, 15) is 13.2 Å². The molecule has 0 heterocycles. The van der Waals surface area contributed by atoms with Gasteiger partial charge in [-0.25, -0.2) is 4.79 Å². The first-order valence-electron chi connectivity index (χ1n) is 6.35. The fraction of sp³-hybridized carbons (Fsp3) is 0.917. The van der Waals surface area contributed by atoms with Gasteiger partial charge in [0.1, 0.15) is 4.33 Å². The van der Waals surface area contributed by atoms with E-state index in [0.717, 1.165) is 12.8 Å². The molecule has 2 N–H and O–H groups in total. The van der Waals surface area contributed by atoms with Gasteiger partial charge in [-0.05, 0) is 6.42 Å².